The second kappa shape index (κ2) is 52.8. The molecule has 0 saturated carbocycles. The molecule has 372 valence electrons. The highest BCUT2D eigenvalue weighted by molar-refractivity contribution is 5.71. The van der Waals surface area contributed by atoms with E-state index in [-0.39, 0.29) is 31.1 Å². The number of carbonyl (C=O) groups is 3. The van der Waals surface area contributed by atoms with E-state index in [0.29, 0.717) is 19.3 Å². The van der Waals surface area contributed by atoms with Crippen molar-refractivity contribution >= 4 is 17.9 Å². The summed E-state index contributed by atoms with van der Waals surface area (Å²) in [4.78, 5) is 38.1. The lowest BCUT2D eigenvalue weighted by Crippen LogP contribution is -2.30. The van der Waals surface area contributed by atoms with E-state index in [9.17, 15) is 14.4 Å². The standard InChI is InChI=1S/C57H108O6/c1-4-7-10-13-16-19-22-25-26-27-28-29-30-33-35-38-41-44-47-50-56(59)62-53-54(63-57(60)51-48-45-42-39-36-32-24-21-18-15-12-9-6-3)52-61-55(58)49-46-43-40-37-34-31-23-20-17-14-11-8-5-2/h25-26,54H,4-24,27-53H2,1-3H3/b26-25-/t54-/m1/s1. The second-order valence-corrected chi connectivity index (χ2v) is 19.2. The maximum Gasteiger partial charge on any atom is 0.306 e. The molecule has 0 aromatic carbocycles. The van der Waals surface area contributed by atoms with E-state index >= 15 is 0 Å². The summed E-state index contributed by atoms with van der Waals surface area (Å²) in [5, 5.41) is 0. The first-order valence-electron chi connectivity index (χ1n) is 28.2. The number of hydrogen-bond acceptors (Lipinski definition) is 6. The molecule has 6 heteroatoms. The third-order valence-electron chi connectivity index (χ3n) is 12.8. The Morgan fingerprint density at radius 1 is 0.302 bits per heavy atom. The molecule has 0 bridgehead atoms. The van der Waals surface area contributed by atoms with Crippen LogP contribution in [0.25, 0.3) is 0 Å². The third-order valence-corrected chi connectivity index (χ3v) is 12.8. The number of rotatable bonds is 52. The van der Waals surface area contributed by atoms with Crippen LogP contribution in [0.3, 0.4) is 0 Å². The van der Waals surface area contributed by atoms with Crippen molar-refractivity contribution in [2.45, 2.75) is 322 Å². The van der Waals surface area contributed by atoms with E-state index < -0.39 is 6.10 Å². The third kappa shape index (κ3) is 51.0. The molecule has 0 aliphatic rings. The van der Waals surface area contributed by atoms with Crippen LogP contribution in [0.1, 0.15) is 316 Å². The largest absolute Gasteiger partial charge is 0.462 e. The van der Waals surface area contributed by atoms with E-state index in [1.165, 1.54) is 218 Å². The van der Waals surface area contributed by atoms with Crippen molar-refractivity contribution in [2.75, 3.05) is 13.2 Å². The minimum Gasteiger partial charge on any atom is -0.462 e. The van der Waals surface area contributed by atoms with Crippen molar-refractivity contribution in [3.63, 3.8) is 0 Å². The van der Waals surface area contributed by atoms with Crippen LogP contribution in [0, 0.1) is 0 Å². The van der Waals surface area contributed by atoms with Crippen LogP contribution in [-0.2, 0) is 28.6 Å². The van der Waals surface area contributed by atoms with Gasteiger partial charge in [-0.25, -0.2) is 0 Å². The van der Waals surface area contributed by atoms with Crippen LogP contribution in [0.4, 0.5) is 0 Å². The highest BCUT2D eigenvalue weighted by atomic mass is 16.6. The summed E-state index contributed by atoms with van der Waals surface area (Å²) in [6.45, 7) is 6.68. The van der Waals surface area contributed by atoms with Gasteiger partial charge in [0.05, 0.1) is 0 Å². The molecule has 0 unspecified atom stereocenters. The minimum absolute atomic E-state index is 0.0646. The average molecular weight is 889 g/mol. The fraction of sp³-hybridized carbons (Fsp3) is 0.912. The van der Waals surface area contributed by atoms with Gasteiger partial charge in [-0.1, -0.05) is 264 Å². The maximum atomic E-state index is 12.8. The van der Waals surface area contributed by atoms with Crippen LogP contribution >= 0.6 is 0 Å². The smallest absolute Gasteiger partial charge is 0.306 e. The Bertz CT molecular complexity index is 978. The van der Waals surface area contributed by atoms with Gasteiger partial charge in [-0.05, 0) is 44.9 Å². The van der Waals surface area contributed by atoms with E-state index in [4.69, 9.17) is 14.2 Å². The van der Waals surface area contributed by atoms with Crippen molar-refractivity contribution in [3.8, 4) is 0 Å². The van der Waals surface area contributed by atoms with Gasteiger partial charge < -0.3 is 14.2 Å². The lowest BCUT2D eigenvalue weighted by atomic mass is 10.0. The Hall–Kier alpha value is -1.85. The molecule has 63 heavy (non-hydrogen) atoms. The first-order valence-corrected chi connectivity index (χ1v) is 28.2. The molecule has 0 rings (SSSR count). The predicted octanol–water partition coefficient (Wildman–Crippen LogP) is 18.5. The molecule has 0 saturated heterocycles. The molecule has 6 nitrogen and oxygen atoms in total. The highest BCUT2D eigenvalue weighted by Crippen LogP contribution is 2.17. The zero-order valence-corrected chi connectivity index (χ0v) is 42.6. The van der Waals surface area contributed by atoms with Gasteiger partial charge in [0.25, 0.3) is 0 Å². The van der Waals surface area contributed by atoms with E-state index in [1.807, 2.05) is 0 Å². The Morgan fingerprint density at radius 2 is 0.524 bits per heavy atom. The highest BCUT2D eigenvalue weighted by Gasteiger charge is 2.19. The van der Waals surface area contributed by atoms with Crippen molar-refractivity contribution in [2.24, 2.45) is 0 Å². The molecule has 0 fully saturated rings. The summed E-state index contributed by atoms with van der Waals surface area (Å²) in [6, 6.07) is 0. The topological polar surface area (TPSA) is 78.9 Å². The van der Waals surface area contributed by atoms with E-state index in [1.54, 1.807) is 0 Å². The van der Waals surface area contributed by atoms with Gasteiger partial charge in [0.15, 0.2) is 6.10 Å². The van der Waals surface area contributed by atoms with E-state index in [0.717, 1.165) is 57.8 Å². The van der Waals surface area contributed by atoms with Gasteiger partial charge in [0.2, 0.25) is 0 Å². The van der Waals surface area contributed by atoms with Gasteiger partial charge >= 0.3 is 17.9 Å². The summed E-state index contributed by atoms with van der Waals surface area (Å²) in [5.41, 5.74) is 0. The Kier molecular flexibility index (Phi) is 51.2. The summed E-state index contributed by atoms with van der Waals surface area (Å²) < 4.78 is 16.9. The molecule has 0 radical (unpaired) electrons. The summed E-state index contributed by atoms with van der Waals surface area (Å²) in [7, 11) is 0. The van der Waals surface area contributed by atoms with Crippen molar-refractivity contribution in [1.29, 1.82) is 0 Å². The zero-order chi connectivity index (χ0) is 45.8. The summed E-state index contributed by atoms with van der Waals surface area (Å²) in [5.74, 6) is -0.845. The normalized spacial score (nSPS) is 12.0. The predicted molar refractivity (Wildman–Crippen MR) is 270 cm³/mol. The number of ether oxygens (including phenoxy) is 3. The monoisotopic (exact) mass is 889 g/mol. The SMILES string of the molecule is CCCCCCCC/C=C\CCCCCCCCCCCC(=O)OC[C@@H](COC(=O)CCCCCCCCCCCCCCC)OC(=O)CCCCCCCCCCCCCCC. The Morgan fingerprint density at radius 3 is 0.794 bits per heavy atom. The van der Waals surface area contributed by atoms with Crippen LogP contribution in [0.2, 0.25) is 0 Å². The number of carbonyl (C=O) groups excluding carboxylic acids is 3. The molecule has 0 aromatic rings. The molecule has 0 amide bonds. The van der Waals surface area contributed by atoms with Gasteiger partial charge in [0, 0.05) is 19.3 Å². The van der Waals surface area contributed by atoms with Crippen molar-refractivity contribution in [3.05, 3.63) is 12.2 Å². The lowest BCUT2D eigenvalue weighted by Gasteiger charge is -2.18. The van der Waals surface area contributed by atoms with Crippen LogP contribution < -0.4 is 0 Å². The van der Waals surface area contributed by atoms with Gasteiger partial charge in [-0.3, -0.25) is 14.4 Å². The number of esters is 3. The second-order valence-electron chi connectivity index (χ2n) is 19.2. The number of allylic oxidation sites excluding steroid dienone is 2. The molecule has 0 heterocycles. The zero-order valence-electron chi connectivity index (χ0n) is 42.6. The minimum atomic E-state index is -0.764. The Labute approximate surface area is 392 Å². The van der Waals surface area contributed by atoms with E-state index in [2.05, 4.69) is 32.9 Å². The van der Waals surface area contributed by atoms with Crippen LogP contribution in [0.5, 0.6) is 0 Å². The van der Waals surface area contributed by atoms with Gasteiger partial charge in [-0.15, -0.1) is 0 Å². The quantitative estimate of drug-likeness (QED) is 0.0262. The number of unbranched alkanes of at least 4 members (excludes halogenated alkanes) is 39. The fourth-order valence-corrected chi connectivity index (χ4v) is 8.50. The van der Waals surface area contributed by atoms with Gasteiger partial charge in [0.1, 0.15) is 13.2 Å². The maximum absolute atomic E-state index is 12.8. The molecule has 0 spiro atoms. The first kappa shape index (κ1) is 61.1. The summed E-state index contributed by atoms with van der Waals surface area (Å²) in [6.07, 6.45) is 59.1. The Balaban J connectivity index is 4.28. The van der Waals surface area contributed by atoms with Crippen LogP contribution in [0.15, 0.2) is 12.2 Å². The summed E-state index contributed by atoms with van der Waals surface area (Å²) >= 11 is 0. The molecular formula is C57H108O6. The molecular weight excluding hydrogens is 781 g/mol. The van der Waals surface area contributed by atoms with Gasteiger partial charge in [-0.2, -0.15) is 0 Å². The average Bonchev–Trinajstić information content (AvgIpc) is 3.28. The van der Waals surface area contributed by atoms with Crippen molar-refractivity contribution < 1.29 is 28.6 Å². The first-order chi connectivity index (χ1) is 31.0. The lowest BCUT2D eigenvalue weighted by molar-refractivity contribution is -0.167. The molecule has 0 N–H and O–H groups in total. The number of hydrogen-bond donors (Lipinski definition) is 0. The fourth-order valence-electron chi connectivity index (χ4n) is 8.50. The molecule has 0 aliphatic heterocycles. The van der Waals surface area contributed by atoms with Crippen molar-refractivity contribution in [1.82, 2.24) is 0 Å². The van der Waals surface area contributed by atoms with Crippen LogP contribution in [-0.4, -0.2) is 37.2 Å². The molecule has 0 aliphatic carbocycles. The molecule has 1 atom stereocenters. The molecule has 0 aromatic heterocycles.